The van der Waals surface area contributed by atoms with Crippen LogP contribution in [-0.4, -0.2) is 61.1 Å². The van der Waals surface area contributed by atoms with Crippen LogP contribution in [0.4, 0.5) is 5.69 Å². The molecule has 1 aromatic heterocycles. The maximum absolute atomic E-state index is 12.2. The van der Waals surface area contributed by atoms with Crippen LogP contribution in [0.3, 0.4) is 0 Å². The number of hydrogen-bond acceptors (Lipinski definition) is 6. The average molecular weight is 489 g/mol. The van der Waals surface area contributed by atoms with E-state index in [4.69, 9.17) is 32.7 Å². The summed E-state index contributed by atoms with van der Waals surface area (Å²) in [6, 6.07) is 16.1. The molecule has 33 heavy (non-hydrogen) atoms. The normalized spacial score (nSPS) is 14.3. The number of methoxy groups -OCH3 is 1. The van der Waals surface area contributed by atoms with E-state index in [0.717, 1.165) is 50.6 Å². The van der Waals surface area contributed by atoms with Crippen LogP contribution in [-0.2, 0) is 0 Å². The van der Waals surface area contributed by atoms with Gasteiger partial charge in [0.1, 0.15) is 5.75 Å². The van der Waals surface area contributed by atoms with Gasteiger partial charge in [-0.1, -0.05) is 35.3 Å². The van der Waals surface area contributed by atoms with Crippen molar-refractivity contribution in [1.29, 1.82) is 0 Å². The van der Waals surface area contributed by atoms with Gasteiger partial charge in [0.15, 0.2) is 0 Å². The summed E-state index contributed by atoms with van der Waals surface area (Å²) in [7, 11) is 1.71. The molecule has 174 valence electrons. The quantitative estimate of drug-likeness (QED) is 0.444. The highest BCUT2D eigenvalue weighted by atomic mass is 35.5. The monoisotopic (exact) mass is 488 g/mol. The molecule has 1 aliphatic rings. The molecule has 2 aromatic carbocycles. The summed E-state index contributed by atoms with van der Waals surface area (Å²) in [4.78, 5) is 17.0. The van der Waals surface area contributed by atoms with E-state index >= 15 is 0 Å². The van der Waals surface area contributed by atoms with E-state index in [2.05, 4.69) is 21.0 Å². The summed E-state index contributed by atoms with van der Waals surface area (Å²) in [5.74, 6) is 1.30. The third-order valence-electron chi connectivity index (χ3n) is 5.59. The van der Waals surface area contributed by atoms with Gasteiger partial charge in [-0.25, -0.2) is 0 Å². The van der Waals surface area contributed by atoms with Crippen LogP contribution in [0.25, 0.3) is 5.69 Å². The molecule has 2 heterocycles. The summed E-state index contributed by atoms with van der Waals surface area (Å²) >= 11 is 12.0. The minimum absolute atomic E-state index is 0.270. The van der Waals surface area contributed by atoms with E-state index < -0.39 is 0 Å². The predicted octanol–water partition coefficient (Wildman–Crippen LogP) is 4.14. The summed E-state index contributed by atoms with van der Waals surface area (Å²) in [5.41, 5.74) is 1.41. The van der Waals surface area contributed by atoms with E-state index in [9.17, 15) is 4.79 Å². The molecular weight excluding hydrogens is 463 g/mol. The lowest BCUT2D eigenvalue weighted by Gasteiger charge is -2.36. The molecule has 3 aromatic rings. The lowest BCUT2D eigenvalue weighted by atomic mass is 10.2. The topological polar surface area (TPSA) is 59.8 Å². The van der Waals surface area contributed by atoms with E-state index in [-0.39, 0.29) is 5.56 Å². The zero-order valence-electron chi connectivity index (χ0n) is 18.4. The number of anilines is 1. The van der Waals surface area contributed by atoms with Crippen molar-refractivity contribution < 1.29 is 9.47 Å². The predicted molar refractivity (Wildman–Crippen MR) is 132 cm³/mol. The second-order valence-corrected chi connectivity index (χ2v) is 8.54. The van der Waals surface area contributed by atoms with Crippen LogP contribution in [0.15, 0.2) is 59.4 Å². The number of para-hydroxylation sites is 2. The molecule has 0 unspecified atom stereocenters. The molecule has 0 N–H and O–H groups in total. The number of aromatic nitrogens is 2. The highest BCUT2D eigenvalue weighted by Gasteiger charge is 2.19. The number of hydrogen-bond donors (Lipinski definition) is 0. The molecular formula is C24H26Cl2N4O3. The van der Waals surface area contributed by atoms with Crippen LogP contribution < -0.4 is 19.9 Å². The molecule has 0 spiro atoms. The average Bonchev–Trinajstić information content (AvgIpc) is 2.85. The van der Waals surface area contributed by atoms with Gasteiger partial charge in [0.05, 0.1) is 35.1 Å². The molecule has 0 bridgehead atoms. The molecule has 4 rings (SSSR count). The number of ether oxygens (including phenoxy) is 2. The first-order chi connectivity index (χ1) is 16.0. The fourth-order valence-corrected chi connectivity index (χ4v) is 4.13. The van der Waals surface area contributed by atoms with Crippen LogP contribution >= 0.6 is 23.2 Å². The summed E-state index contributed by atoms with van der Waals surface area (Å²) in [5, 5.41) is 5.09. The summed E-state index contributed by atoms with van der Waals surface area (Å²) in [6.45, 7) is 5.33. The number of halogens is 2. The van der Waals surface area contributed by atoms with Crippen molar-refractivity contribution in [2.24, 2.45) is 0 Å². The van der Waals surface area contributed by atoms with Crippen molar-refractivity contribution in [1.82, 2.24) is 14.7 Å². The Morgan fingerprint density at radius 2 is 1.76 bits per heavy atom. The highest BCUT2D eigenvalue weighted by Crippen LogP contribution is 2.28. The van der Waals surface area contributed by atoms with E-state index in [1.165, 1.54) is 10.7 Å². The first-order valence-corrected chi connectivity index (χ1v) is 11.6. The number of piperazine rings is 1. The Morgan fingerprint density at radius 3 is 2.52 bits per heavy atom. The molecule has 1 aliphatic heterocycles. The van der Waals surface area contributed by atoms with Gasteiger partial charge in [0.2, 0.25) is 5.88 Å². The molecule has 0 saturated carbocycles. The molecule has 1 saturated heterocycles. The van der Waals surface area contributed by atoms with Gasteiger partial charge in [-0.05, 0) is 36.8 Å². The fourth-order valence-electron chi connectivity index (χ4n) is 3.84. The number of benzene rings is 2. The molecule has 0 amide bonds. The molecule has 7 nitrogen and oxygen atoms in total. The van der Waals surface area contributed by atoms with Crippen LogP contribution in [0.1, 0.15) is 6.42 Å². The van der Waals surface area contributed by atoms with Gasteiger partial charge in [-0.2, -0.15) is 4.68 Å². The Bertz CT molecular complexity index is 1150. The SMILES string of the molecule is COc1ccccc1N1CCN(CCCOc2ccc(=O)n(-c3ccc(Cl)c(Cl)c3)n2)CC1. The maximum Gasteiger partial charge on any atom is 0.271 e. The van der Waals surface area contributed by atoms with E-state index in [0.29, 0.717) is 28.2 Å². The maximum atomic E-state index is 12.2. The second-order valence-electron chi connectivity index (χ2n) is 7.72. The zero-order valence-corrected chi connectivity index (χ0v) is 19.9. The highest BCUT2D eigenvalue weighted by molar-refractivity contribution is 6.42. The van der Waals surface area contributed by atoms with Crippen molar-refractivity contribution in [2.75, 3.05) is 51.3 Å². The van der Waals surface area contributed by atoms with Crippen LogP contribution in [0, 0.1) is 0 Å². The first-order valence-electron chi connectivity index (χ1n) is 10.8. The standard InChI is InChI=1S/C24H26Cl2N4O3/c1-32-22-6-3-2-5-21(22)29-14-12-28(13-15-29)11-4-16-33-23-9-10-24(31)30(27-23)18-7-8-19(25)20(26)17-18/h2-3,5-10,17H,4,11-16H2,1H3. The molecule has 9 heteroatoms. The van der Waals surface area contributed by atoms with Crippen molar-refractivity contribution >= 4 is 28.9 Å². The van der Waals surface area contributed by atoms with Crippen LogP contribution in [0.5, 0.6) is 11.6 Å². The van der Waals surface area contributed by atoms with Gasteiger partial charge >= 0.3 is 0 Å². The largest absolute Gasteiger partial charge is 0.495 e. The Balaban J connectivity index is 1.26. The minimum Gasteiger partial charge on any atom is -0.495 e. The van der Waals surface area contributed by atoms with Gasteiger partial charge in [-0.3, -0.25) is 9.69 Å². The van der Waals surface area contributed by atoms with Gasteiger partial charge < -0.3 is 14.4 Å². The van der Waals surface area contributed by atoms with E-state index in [1.807, 2.05) is 18.2 Å². The summed E-state index contributed by atoms with van der Waals surface area (Å²) < 4.78 is 12.6. The third kappa shape index (κ3) is 5.79. The Hall–Kier alpha value is -2.74. The van der Waals surface area contributed by atoms with Crippen molar-refractivity contribution in [3.8, 4) is 17.3 Å². The van der Waals surface area contributed by atoms with Gasteiger partial charge in [0.25, 0.3) is 5.56 Å². The lowest BCUT2D eigenvalue weighted by molar-refractivity contribution is 0.220. The van der Waals surface area contributed by atoms with Gasteiger partial charge in [-0.15, -0.1) is 5.10 Å². The third-order valence-corrected chi connectivity index (χ3v) is 6.33. The fraction of sp³-hybridized carbons (Fsp3) is 0.333. The van der Waals surface area contributed by atoms with Gasteiger partial charge in [0, 0.05) is 44.9 Å². The minimum atomic E-state index is -0.270. The van der Waals surface area contributed by atoms with Crippen molar-refractivity contribution in [3.63, 3.8) is 0 Å². The van der Waals surface area contributed by atoms with Crippen molar-refractivity contribution in [2.45, 2.75) is 6.42 Å². The van der Waals surface area contributed by atoms with Crippen molar-refractivity contribution in [3.05, 3.63) is 75.0 Å². The zero-order chi connectivity index (χ0) is 23.2. The first kappa shape index (κ1) is 23.4. The second kappa shape index (κ2) is 10.9. The van der Waals surface area contributed by atoms with Crippen LogP contribution in [0.2, 0.25) is 10.0 Å². The van der Waals surface area contributed by atoms with E-state index in [1.54, 1.807) is 31.4 Å². The molecule has 0 aliphatic carbocycles. The Kier molecular flexibility index (Phi) is 7.75. The molecule has 1 fully saturated rings. The molecule has 0 radical (unpaired) electrons. The Labute approximate surface area is 203 Å². The summed E-state index contributed by atoms with van der Waals surface area (Å²) in [6.07, 6.45) is 0.863. The Morgan fingerprint density at radius 1 is 0.970 bits per heavy atom. The number of rotatable bonds is 8. The number of nitrogens with zero attached hydrogens (tertiary/aromatic N) is 4. The smallest absolute Gasteiger partial charge is 0.271 e. The molecule has 0 atom stereocenters. The lowest BCUT2D eigenvalue weighted by Crippen LogP contribution is -2.46.